The Kier molecular flexibility index (Phi) is 5.76. The molecule has 21 heavy (non-hydrogen) atoms. The van der Waals surface area contributed by atoms with Crippen LogP contribution in [0.1, 0.15) is 42.6 Å². The molecule has 2 heterocycles. The maximum Gasteiger partial charge on any atom is 0.315 e. The highest BCUT2D eigenvalue weighted by atomic mass is 32.1. The minimum Gasteiger partial charge on any atom is -0.335 e. The van der Waals surface area contributed by atoms with Crippen LogP contribution in [-0.2, 0) is 6.42 Å². The lowest BCUT2D eigenvalue weighted by Crippen LogP contribution is -2.43. The number of aromatic nitrogens is 1. The van der Waals surface area contributed by atoms with E-state index in [1.54, 1.807) is 22.7 Å². The standard InChI is InChI=1S/C15H21N3OS2/c1-4-13(14-16-11(3)8-21-14)18-15(19)17-10(2)7-12-5-6-20-9-12/h5-6,8-10,13H,4,7H2,1-3H3,(H2,17,18,19). The molecule has 0 spiro atoms. The normalized spacial score (nSPS) is 13.7. The molecular weight excluding hydrogens is 302 g/mol. The van der Waals surface area contributed by atoms with E-state index >= 15 is 0 Å². The predicted octanol–water partition coefficient (Wildman–Crippen LogP) is 3.89. The molecule has 114 valence electrons. The SMILES string of the molecule is CCC(NC(=O)NC(C)Cc1ccsc1)c1nc(C)cs1. The van der Waals surface area contributed by atoms with Crippen molar-refractivity contribution < 1.29 is 4.79 Å². The third-order valence-electron chi connectivity index (χ3n) is 3.15. The molecule has 0 aromatic carbocycles. The number of hydrogen-bond acceptors (Lipinski definition) is 4. The summed E-state index contributed by atoms with van der Waals surface area (Å²) in [7, 11) is 0. The number of hydrogen-bond donors (Lipinski definition) is 2. The number of carbonyl (C=O) groups excluding carboxylic acids is 1. The van der Waals surface area contributed by atoms with E-state index in [0.717, 1.165) is 23.5 Å². The van der Waals surface area contributed by atoms with E-state index in [1.807, 2.05) is 19.2 Å². The second-order valence-electron chi connectivity index (χ2n) is 5.14. The summed E-state index contributed by atoms with van der Waals surface area (Å²) in [6.07, 6.45) is 1.68. The lowest BCUT2D eigenvalue weighted by Gasteiger charge is -2.18. The predicted molar refractivity (Wildman–Crippen MR) is 89.0 cm³/mol. The Balaban J connectivity index is 1.85. The van der Waals surface area contributed by atoms with Crippen molar-refractivity contribution in [3.63, 3.8) is 0 Å². The smallest absolute Gasteiger partial charge is 0.315 e. The molecular formula is C15H21N3OS2. The number of carbonyl (C=O) groups is 1. The number of nitrogens with one attached hydrogen (secondary N) is 2. The van der Waals surface area contributed by atoms with Gasteiger partial charge in [0.15, 0.2) is 0 Å². The van der Waals surface area contributed by atoms with Gasteiger partial charge in [0.25, 0.3) is 0 Å². The van der Waals surface area contributed by atoms with Crippen molar-refractivity contribution in [2.24, 2.45) is 0 Å². The molecule has 4 nitrogen and oxygen atoms in total. The summed E-state index contributed by atoms with van der Waals surface area (Å²) in [6.45, 7) is 6.04. The summed E-state index contributed by atoms with van der Waals surface area (Å²) in [6, 6.07) is 2.05. The van der Waals surface area contributed by atoms with Crippen molar-refractivity contribution in [3.05, 3.63) is 38.5 Å². The van der Waals surface area contributed by atoms with Crippen LogP contribution < -0.4 is 10.6 Å². The fourth-order valence-electron chi connectivity index (χ4n) is 2.11. The van der Waals surface area contributed by atoms with Gasteiger partial charge in [-0.15, -0.1) is 11.3 Å². The molecule has 0 aliphatic heterocycles. The summed E-state index contributed by atoms with van der Waals surface area (Å²) in [5, 5.41) is 13.1. The molecule has 0 aliphatic carbocycles. The molecule has 2 aromatic heterocycles. The number of aryl methyl sites for hydroxylation is 1. The molecule has 2 aromatic rings. The van der Waals surface area contributed by atoms with Crippen molar-refractivity contribution >= 4 is 28.7 Å². The van der Waals surface area contributed by atoms with E-state index in [-0.39, 0.29) is 18.1 Å². The average molecular weight is 323 g/mol. The van der Waals surface area contributed by atoms with E-state index in [1.165, 1.54) is 5.56 Å². The molecule has 0 saturated heterocycles. The Morgan fingerprint density at radius 1 is 1.38 bits per heavy atom. The Labute approximate surface area is 133 Å². The van der Waals surface area contributed by atoms with Crippen LogP contribution in [0.2, 0.25) is 0 Å². The molecule has 2 unspecified atom stereocenters. The molecule has 2 N–H and O–H groups in total. The first kappa shape index (κ1) is 16.0. The van der Waals surface area contributed by atoms with E-state index in [4.69, 9.17) is 0 Å². The van der Waals surface area contributed by atoms with E-state index in [2.05, 4.69) is 39.4 Å². The summed E-state index contributed by atoms with van der Waals surface area (Å²) >= 11 is 3.27. The fraction of sp³-hybridized carbons (Fsp3) is 0.467. The molecule has 2 rings (SSSR count). The lowest BCUT2D eigenvalue weighted by atomic mass is 10.1. The van der Waals surface area contributed by atoms with Gasteiger partial charge >= 0.3 is 6.03 Å². The van der Waals surface area contributed by atoms with Gasteiger partial charge in [0.2, 0.25) is 0 Å². The number of amides is 2. The van der Waals surface area contributed by atoms with Crippen molar-refractivity contribution in [1.29, 1.82) is 0 Å². The minimum absolute atomic E-state index is 0.0166. The summed E-state index contributed by atoms with van der Waals surface area (Å²) in [4.78, 5) is 16.5. The van der Waals surface area contributed by atoms with Crippen LogP contribution >= 0.6 is 22.7 Å². The van der Waals surface area contributed by atoms with E-state index in [0.29, 0.717) is 0 Å². The van der Waals surface area contributed by atoms with Gasteiger partial charge in [-0.25, -0.2) is 9.78 Å². The van der Waals surface area contributed by atoms with Crippen molar-refractivity contribution in [2.75, 3.05) is 0 Å². The number of thiazole rings is 1. The topological polar surface area (TPSA) is 54.0 Å². The first-order valence-electron chi connectivity index (χ1n) is 7.08. The van der Waals surface area contributed by atoms with Crippen LogP contribution in [0.5, 0.6) is 0 Å². The fourth-order valence-corrected chi connectivity index (χ4v) is 3.72. The number of thiophene rings is 1. The van der Waals surface area contributed by atoms with Gasteiger partial charge < -0.3 is 10.6 Å². The van der Waals surface area contributed by atoms with Crippen LogP contribution in [0.15, 0.2) is 22.2 Å². The maximum atomic E-state index is 12.1. The van der Waals surface area contributed by atoms with Gasteiger partial charge in [-0.1, -0.05) is 6.92 Å². The largest absolute Gasteiger partial charge is 0.335 e. The van der Waals surface area contributed by atoms with Crippen LogP contribution in [0.3, 0.4) is 0 Å². The lowest BCUT2D eigenvalue weighted by molar-refractivity contribution is 0.233. The zero-order valence-electron chi connectivity index (χ0n) is 12.6. The van der Waals surface area contributed by atoms with Crippen molar-refractivity contribution in [1.82, 2.24) is 15.6 Å². The average Bonchev–Trinajstić information content (AvgIpc) is 3.07. The van der Waals surface area contributed by atoms with E-state index < -0.39 is 0 Å². The van der Waals surface area contributed by atoms with Crippen LogP contribution in [0.4, 0.5) is 4.79 Å². The van der Waals surface area contributed by atoms with Crippen molar-refractivity contribution in [3.8, 4) is 0 Å². The zero-order chi connectivity index (χ0) is 15.2. The highest BCUT2D eigenvalue weighted by molar-refractivity contribution is 7.09. The quantitative estimate of drug-likeness (QED) is 0.847. The first-order valence-corrected chi connectivity index (χ1v) is 8.90. The third-order valence-corrected chi connectivity index (χ3v) is 4.96. The minimum atomic E-state index is -0.127. The zero-order valence-corrected chi connectivity index (χ0v) is 14.2. The van der Waals surface area contributed by atoms with Gasteiger partial charge in [-0.05, 0) is 49.1 Å². The number of nitrogens with zero attached hydrogens (tertiary/aromatic N) is 1. The molecule has 0 aliphatic rings. The van der Waals surface area contributed by atoms with Crippen molar-refractivity contribution in [2.45, 2.75) is 45.7 Å². The first-order chi connectivity index (χ1) is 10.1. The number of rotatable bonds is 6. The summed E-state index contributed by atoms with van der Waals surface area (Å²) in [5.41, 5.74) is 2.26. The van der Waals surface area contributed by atoms with Crippen LogP contribution in [-0.4, -0.2) is 17.1 Å². The second kappa shape index (κ2) is 7.56. The van der Waals surface area contributed by atoms with Gasteiger partial charge in [0, 0.05) is 17.1 Å². The Hall–Kier alpha value is -1.40. The van der Waals surface area contributed by atoms with Crippen LogP contribution in [0, 0.1) is 6.92 Å². The summed E-state index contributed by atoms with van der Waals surface area (Å²) < 4.78 is 0. The van der Waals surface area contributed by atoms with Gasteiger partial charge in [-0.2, -0.15) is 11.3 Å². The molecule has 0 saturated carbocycles. The highest BCUT2D eigenvalue weighted by Gasteiger charge is 2.17. The van der Waals surface area contributed by atoms with Crippen LogP contribution in [0.25, 0.3) is 0 Å². The second-order valence-corrected chi connectivity index (χ2v) is 6.81. The van der Waals surface area contributed by atoms with Gasteiger partial charge in [0.1, 0.15) is 5.01 Å². The summed E-state index contributed by atoms with van der Waals surface area (Å²) in [5.74, 6) is 0. The highest BCUT2D eigenvalue weighted by Crippen LogP contribution is 2.20. The molecule has 2 amide bonds. The molecule has 0 fully saturated rings. The maximum absolute atomic E-state index is 12.1. The van der Waals surface area contributed by atoms with Gasteiger partial charge in [0.05, 0.1) is 6.04 Å². The molecule has 2 atom stereocenters. The Morgan fingerprint density at radius 2 is 2.19 bits per heavy atom. The molecule has 0 bridgehead atoms. The third kappa shape index (κ3) is 4.82. The molecule has 0 radical (unpaired) electrons. The monoisotopic (exact) mass is 323 g/mol. The molecule has 6 heteroatoms. The number of urea groups is 1. The Morgan fingerprint density at radius 3 is 2.76 bits per heavy atom. The van der Waals surface area contributed by atoms with E-state index in [9.17, 15) is 4.79 Å². The van der Waals surface area contributed by atoms with Gasteiger partial charge in [-0.3, -0.25) is 0 Å². The Bertz CT molecular complexity index is 565.